The first-order chi connectivity index (χ1) is 13.5. The van der Waals surface area contributed by atoms with Crippen LogP contribution in [0.25, 0.3) is 11.4 Å². The minimum atomic E-state index is -0.318. The lowest BCUT2D eigenvalue weighted by Crippen LogP contribution is -2.32. The highest BCUT2D eigenvalue weighted by atomic mass is 32.2. The molecular formula is C21H23FN4OS. The number of carbonyl (C=O) groups is 1. The number of nitrogens with zero attached hydrogens (tertiary/aromatic N) is 4. The molecule has 7 heteroatoms. The molecular weight excluding hydrogens is 375 g/mol. The van der Waals surface area contributed by atoms with E-state index in [1.165, 1.54) is 23.9 Å². The number of benzene rings is 2. The lowest BCUT2D eigenvalue weighted by Gasteiger charge is -2.20. The summed E-state index contributed by atoms with van der Waals surface area (Å²) in [5, 5.41) is 9.34. The zero-order valence-corrected chi connectivity index (χ0v) is 17.0. The molecule has 0 saturated carbocycles. The number of halogens is 1. The molecule has 3 rings (SSSR count). The van der Waals surface area contributed by atoms with Gasteiger partial charge in [0.25, 0.3) is 0 Å². The van der Waals surface area contributed by atoms with E-state index in [4.69, 9.17) is 0 Å². The Kier molecular flexibility index (Phi) is 6.46. The minimum absolute atomic E-state index is 0.0538. The van der Waals surface area contributed by atoms with E-state index in [0.29, 0.717) is 23.9 Å². The largest absolute Gasteiger partial charge is 0.312 e. The lowest BCUT2D eigenvalue weighted by molar-refractivity contribution is -0.116. The number of anilines is 1. The van der Waals surface area contributed by atoms with E-state index in [0.717, 1.165) is 17.0 Å². The predicted molar refractivity (Wildman–Crippen MR) is 111 cm³/mol. The maximum absolute atomic E-state index is 13.1. The normalized spacial score (nSPS) is 10.9. The number of hydrogen-bond donors (Lipinski definition) is 0. The van der Waals surface area contributed by atoms with E-state index in [2.05, 4.69) is 16.3 Å². The first-order valence-corrected chi connectivity index (χ1v) is 10.2. The van der Waals surface area contributed by atoms with Gasteiger partial charge in [-0.05, 0) is 51.1 Å². The first-order valence-electron chi connectivity index (χ1n) is 9.22. The molecule has 1 aromatic heterocycles. The quantitative estimate of drug-likeness (QED) is 0.548. The van der Waals surface area contributed by atoms with Gasteiger partial charge in [-0.15, -0.1) is 10.2 Å². The number of carbonyl (C=O) groups excluding carboxylic acids is 1. The fourth-order valence-corrected chi connectivity index (χ4v) is 3.88. The summed E-state index contributed by atoms with van der Waals surface area (Å²) in [6, 6.07) is 14.1. The van der Waals surface area contributed by atoms with Crippen molar-refractivity contribution in [3.8, 4) is 11.4 Å². The molecule has 0 aliphatic carbocycles. The number of aromatic nitrogens is 3. The van der Waals surface area contributed by atoms with Gasteiger partial charge >= 0.3 is 0 Å². The summed E-state index contributed by atoms with van der Waals surface area (Å²) in [6.45, 7) is 7.20. The highest BCUT2D eigenvalue weighted by molar-refractivity contribution is 7.99. The molecule has 0 atom stereocenters. The second kappa shape index (κ2) is 9.01. The van der Waals surface area contributed by atoms with Crippen molar-refractivity contribution in [2.75, 3.05) is 17.2 Å². The smallest absolute Gasteiger partial charge is 0.237 e. The second-order valence-corrected chi connectivity index (χ2v) is 7.27. The van der Waals surface area contributed by atoms with Crippen LogP contribution < -0.4 is 4.90 Å². The first kappa shape index (κ1) is 20.1. The molecule has 3 aromatic rings. The van der Waals surface area contributed by atoms with Gasteiger partial charge in [-0.1, -0.05) is 35.5 Å². The van der Waals surface area contributed by atoms with Crippen LogP contribution in [-0.2, 0) is 11.3 Å². The summed E-state index contributed by atoms with van der Waals surface area (Å²) in [7, 11) is 0. The molecule has 0 aliphatic rings. The van der Waals surface area contributed by atoms with Crippen molar-refractivity contribution in [2.45, 2.75) is 32.5 Å². The van der Waals surface area contributed by atoms with E-state index < -0.39 is 0 Å². The van der Waals surface area contributed by atoms with Crippen LogP contribution in [-0.4, -0.2) is 33.0 Å². The Morgan fingerprint density at radius 1 is 1.14 bits per heavy atom. The maximum atomic E-state index is 13.1. The van der Waals surface area contributed by atoms with Crippen LogP contribution in [0.1, 0.15) is 19.4 Å². The van der Waals surface area contributed by atoms with E-state index in [1.807, 2.05) is 43.5 Å². The third-order valence-electron chi connectivity index (χ3n) is 4.39. The SMILES string of the molecule is CCN(C(=O)CSc1nnc(-c2cccc(C)c2)n1CC)c1ccc(F)cc1. The number of rotatable bonds is 7. The van der Waals surface area contributed by atoms with Crippen LogP contribution >= 0.6 is 11.8 Å². The molecule has 0 spiro atoms. The highest BCUT2D eigenvalue weighted by Gasteiger charge is 2.18. The number of hydrogen-bond acceptors (Lipinski definition) is 4. The Labute approximate surface area is 168 Å². The van der Waals surface area contributed by atoms with Crippen molar-refractivity contribution in [1.82, 2.24) is 14.8 Å². The van der Waals surface area contributed by atoms with Crippen LogP contribution in [0.3, 0.4) is 0 Å². The van der Waals surface area contributed by atoms with Crippen LogP contribution in [0.5, 0.6) is 0 Å². The Hall–Kier alpha value is -2.67. The zero-order valence-electron chi connectivity index (χ0n) is 16.2. The molecule has 2 aromatic carbocycles. The van der Waals surface area contributed by atoms with E-state index in [9.17, 15) is 9.18 Å². The second-order valence-electron chi connectivity index (χ2n) is 6.32. The summed E-state index contributed by atoms with van der Waals surface area (Å²) >= 11 is 1.37. The molecule has 0 saturated heterocycles. The van der Waals surface area contributed by atoms with Gasteiger partial charge in [0.05, 0.1) is 5.75 Å². The number of thioether (sulfide) groups is 1. The topological polar surface area (TPSA) is 51.0 Å². The third-order valence-corrected chi connectivity index (χ3v) is 5.34. The van der Waals surface area contributed by atoms with E-state index in [-0.39, 0.29) is 17.5 Å². The Morgan fingerprint density at radius 2 is 1.89 bits per heavy atom. The average Bonchev–Trinajstić information content (AvgIpc) is 3.11. The molecule has 0 unspecified atom stereocenters. The molecule has 0 aliphatic heterocycles. The van der Waals surface area contributed by atoms with Gasteiger partial charge in [0.1, 0.15) is 5.82 Å². The van der Waals surface area contributed by atoms with Crippen molar-refractivity contribution in [2.24, 2.45) is 0 Å². The van der Waals surface area contributed by atoms with Gasteiger partial charge in [-0.3, -0.25) is 4.79 Å². The van der Waals surface area contributed by atoms with Crippen LogP contribution in [0.15, 0.2) is 53.7 Å². The summed E-state index contributed by atoms with van der Waals surface area (Å²) in [5.74, 6) is 0.659. The number of amides is 1. The third kappa shape index (κ3) is 4.42. The standard InChI is InChI=1S/C21H23FN4OS/c1-4-25(18-11-9-17(22)10-12-18)19(27)14-28-21-24-23-20(26(21)5-2)16-8-6-7-15(3)13-16/h6-13H,4-5,14H2,1-3H3. The van der Waals surface area contributed by atoms with E-state index in [1.54, 1.807) is 17.0 Å². The molecule has 0 N–H and O–H groups in total. The van der Waals surface area contributed by atoms with Gasteiger partial charge in [0, 0.05) is 24.3 Å². The zero-order chi connectivity index (χ0) is 20.1. The fraction of sp³-hybridized carbons (Fsp3) is 0.286. The van der Waals surface area contributed by atoms with Gasteiger partial charge in [-0.2, -0.15) is 0 Å². The summed E-state index contributed by atoms with van der Waals surface area (Å²) in [4.78, 5) is 14.3. The maximum Gasteiger partial charge on any atom is 0.237 e. The van der Waals surface area contributed by atoms with Crippen LogP contribution in [0.2, 0.25) is 0 Å². The molecule has 28 heavy (non-hydrogen) atoms. The Bertz CT molecular complexity index is 955. The summed E-state index contributed by atoms with van der Waals surface area (Å²) < 4.78 is 15.2. The lowest BCUT2D eigenvalue weighted by atomic mass is 10.1. The molecule has 0 radical (unpaired) electrons. The molecule has 0 bridgehead atoms. The van der Waals surface area contributed by atoms with Crippen molar-refractivity contribution in [3.63, 3.8) is 0 Å². The number of aryl methyl sites for hydroxylation is 1. The van der Waals surface area contributed by atoms with Crippen molar-refractivity contribution >= 4 is 23.4 Å². The van der Waals surface area contributed by atoms with Crippen molar-refractivity contribution in [3.05, 3.63) is 59.9 Å². The predicted octanol–water partition coefficient (Wildman–Crippen LogP) is 4.56. The van der Waals surface area contributed by atoms with E-state index >= 15 is 0 Å². The highest BCUT2D eigenvalue weighted by Crippen LogP contribution is 2.25. The minimum Gasteiger partial charge on any atom is -0.312 e. The molecule has 0 fully saturated rings. The fourth-order valence-electron chi connectivity index (χ4n) is 3.01. The summed E-state index contributed by atoms with van der Waals surface area (Å²) in [5.41, 5.74) is 2.85. The molecule has 146 valence electrons. The van der Waals surface area contributed by atoms with Gasteiger partial charge in [-0.25, -0.2) is 4.39 Å². The molecule has 5 nitrogen and oxygen atoms in total. The van der Waals surface area contributed by atoms with Gasteiger partial charge in [0.15, 0.2) is 11.0 Å². The van der Waals surface area contributed by atoms with Gasteiger partial charge in [0.2, 0.25) is 5.91 Å². The summed E-state index contributed by atoms with van der Waals surface area (Å²) in [6.07, 6.45) is 0. The molecule has 1 amide bonds. The van der Waals surface area contributed by atoms with Crippen LogP contribution in [0.4, 0.5) is 10.1 Å². The average molecular weight is 399 g/mol. The van der Waals surface area contributed by atoms with Gasteiger partial charge < -0.3 is 9.47 Å². The van der Waals surface area contributed by atoms with Crippen LogP contribution in [0, 0.1) is 12.7 Å². The van der Waals surface area contributed by atoms with Crippen molar-refractivity contribution in [1.29, 1.82) is 0 Å². The Balaban J connectivity index is 1.75. The monoisotopic (exact) mass is 398 g/mol. The Morgan fingerprint density at radius 3 is 2.54 bits per heavy atom. The van der Waals surface area contributed by atoms with Crippen molar-refractivity contribution < 1.29 is 9.18 Å². The molecule has 1 heterocycles.